The van der Waals surface area contributed by atoms with Crippen molar-refractivity contribution < 1.29 is 88.7 Å². The summed E-state index contributed by atoms with van der Waals surface area (Å²) in [6.45, 7) is 9.97. The van der Waals surface area contributed by atoms with Crippen LogP contribution in [-0.2, 0) is 42.7 Å². The summed E-state index contributed by atoms with van der Waals surface area (Å²) in [6.07, 6.45) is -18.6. The number of ether oxygens (including phenoxy) is 7. The first kappa shape index (κ1) is 47.8. The number of carboxylic acids is 1. The molecule has 0 radical (unpaired) electrons. The molecule has 7 fully saturated rings. The van der Waals surface area contributed by atoms with Crippen LogP contribution in [0.2, 0.25) is 0 Å². The van der Waals surface area contributed by atoms with Crippen LogP contribution in [0.4, 0.5) is 0 Å². The molecule has 0 aromatic heterocycles. The molecule has 3 saturated carbocycles. The van der Waals surface area contributed by atoms with Gasteiger partial charge < -0.3 is 79.1 Å². The van der Waals surface area contributed by atoms with Crippen LogP contribution in [-0.4, -0.2) is 175 Å². The molecule has 0 spiro atoms. The highest BCUT2D eigenvalue weighted by Crippen LogP contribution is 2.67. The number of carboxylic acid groups (broad SMARTS) is 1. The van der Waals surface area contributed by atoms with Crippen molar-refractivity contribution in [3.8, 4) is 0 Å². The molecule has 24 atom stereocenters. The second-order valence-electron chi connectivity index (χ2n) is 20.9. The van der Waals surface area contributed by atoms with Crippen LogP contribution in [0.3, 0.4) is 0 Å². The van der Waals surface area contributed by atoms with Gasteiger partial charge in [-0.1, -0.05) is 46.3 Å². The highest BCUT2D eigenvalue weighted by molar-refractivity contribution is 5.78. The summed E-state index contributed by atoms with van der Waals surface area (Å²) < 4.78 is 43.3. The van der Waals surface area contributed by atoms with Gasteiger partial charge in [0, 0.05) is 12.8 Å². The summed E-state index contributed by atoms with van der Waals surface area (Å²) in [7, 11) is 0. The molecular formula is C45H70O18. The first-order valence-electron chi connectivity index (χ1n) is 23.1. The maximum absolute atomic E-state index is 13.0. The third-order valence-corrected chi connectivity index (χ3v) is 16.6. The summed E-state index contributed by atoms with van der Waals surface area (Å²) in [5.74, 6) is -0.106. The van der Waals surface area contributed by atoms with Crippen LogP contribution in [0.1, 0.15) is 92.4 Å². The molecule has 4 bridgehead atoms. The van der Waals surface area contributed by atoms with Gasteiger partial charge in [0.15, 0.2) is 25.0 Å². The topological polar surface area (TPSA) is 281 Å². The van der Waals surface area contributed by atoms with Crippen LogP contribution < -0.4 is 0 Å². The Balaban J connectivity index is 1.15. The predicted octanol–water partition coefficient (Wildman–Crippen LogP) is 0.149. The molecule has 8 aliphatic rings. The molecule has 9 N–H and O–H groups in total. The first-order chi connectivity index (χ1) is 29.8. The van der Waals surface area contributed by atoms with E-state index in [-0.39, 0.29) is 41.1 Å². The molecule has 8 rings (SSSR count). The Morgan fingerprint density at radius 2 is 1.35 bits per heavy atom. The van der Waals surface area contributed by atoms with Gasteiger partial charge in [-0.2, -0.15) is 0 Å². The Morgan fingerprint density at radius 3 is 2.03 bits per heavy atom. The second kappa shape index (κ2) is 18.4. The van der Waals surface area contributed by atoms with Crippen molar-refractivity contribution in [1.29, 1.82) is 0 Å². The van der Waals surface area contributed by atoms with Gasteiger partial charge in [-0.05, 0) is 91.3 Å². The Hall–Kier alpha value is -1.72. The van der Waals surface area contributed by atoms with E-state index in [1.165, 1.54) is 5.57 Å². The number of hydrogen-bond acceptors (Lipinski definition) is 17. The van der Waals surface area contributed by atoms with Gasteiger partial charge in [-0.3, -0.25) is 4.79 Å². The minimum absolute atomic E-state index is 0.0371. The average Bonchev–Trinajstić information content (AvgIpc) is 3.59. The van der Waals surface area contributed by atoms with E-state index in [2.05, 4.69) is 40.7 Å². The number of carbonyl (C=O) groups is 2. The lowest BCUT2D eigenvalue weighted by molar-refractivity contribution is -0.395. The number of ketones is 1. The smallest absolute Gasteiger partial charge is 0.335 e. The molecule has 358 valence electrons. The average molecular weight is 899 g/mol. The molecule has 4 heterocycles. The van der Waals surface area contributed by atoms with Gasteiger partial charge in [0.2, 0.25) is 0 Å². The number of rotatable bonds is 7. The molecule has 63 heavy (non-hydrogen) atoms. The highest BCUT2D eigenvalue weighted by atomic mass is 16.8. The van der Waals surface area contributed by atoms with Crippen molar-refractivity contribution in [3.63, 3.8) is 0 Å². The molecule has 0 amide bonds. The molecule has 4 aliphatic carbocycles. The number of aliphatic carboxylic acids is 1. The lowest BCUT2D eigenvalue weighted by Crippen LogP contribution is -2.67. The van der Waals surface area contributed by atoms with Crippen LogP contribution in [0.5, 0.6) is 0 Å². The van der Waals surface area contributed by atoms with E-state index in [1.807, 2.05) is 0 Å². The molecule has 0 aromatic carbocycles. The SMILES string of the molecule is CC(C)CC(=O)C[C@@H](C)[C@H]1CCC2C3=C[C@H]4OCC5OC(OC6C(OC(CO)C(O)C6O)OC6C(OC(C(=O)O)C(O)C6O)O[C@H]6CC[C@](C)(C3CC[C@@]21C)C4C6)C(O)C(O)C5O. The fourth-order valence-electron chi connectivity index (χ4n) is 13.3. The van der Waals surface area contributed by atoms with Crippen molar-refractivity contribution in [3.05, 3.63) is 11.6 Å². The Kier molecular flexibility index (Phi) is 14.0. The molecule has 4 saturated heterocycles. The summed E-state index contributed by atoms with van der Waals surface area (Å²) >= 11 is 0. The molecule has 4 aliphatic heterocycles. The van der Waals surface area contributed by atoms with Crippen molar-refractivity contribution >= 4 is 11.8 Å². The van der Waals surface area contributed by atoms with E-state index >= 15 is 0 Å². The van der Waals surface area contributed by atoms with E-state index in [9.17, 15) is 55.5 Å². The van der Waals surface area contributed by atoms with E-state index in [4.69, 9.17) is 33.2 Å². The molecule has 18 unspecified atom stereocenters. The van der Waals surface area contributed by atoms with Crippen molar-refractivity contribution in [2.75, 3.05) is 13.2 Å². The Bertz CT molecular complexity index is 1680. The van der Waals surface area contributed by atoms with Gasteiger partial charge in [0.25, 0.3) is 0 Å². The highest BCUT2D eigenvalue weighted by Gasteiger charge is 2.62. The maximum atomic E-state index is 13.0. The predicted molar refractivity (Wildman–Crippen MR) is 216 cm³/mol. The third-order valence-electron chi connectivity index (χ3n) is 16.6. The summed E-state index contributed by atoms with van der Waals surface area (Å²) in [6, 6.07) is 0. The number of allylic oxidation sites excluding steroid dienone is 1. The third kappa shape index (κ3) is 8.60. The zero-order chi connectivity index (χ0) is 45.4. The summed E-state index contributed by atoms with van der Waals surface area (Å²) in [4.78, 5) is 25.4. The number of aliphatic hydroxyl groups is 8. The summed E-state index contributed by atoms with van der Waals surface area (Å²) in [5.41, 5.74) is 0.979. The Labute approximate surface area is 367 Å². The number of fused-ring (bicyclic) bond motifs is 9. The quantitative estimate of drug-likeness (QED) is 0.154. The number of Topliss-reactive ketones (excluding diaryl/α,β-unsaturated/α-hetero) is 1. The van der Waals surface area contributed by atoms with Crippen LogP contribution >= 0.6 is 0 Å². The van der Waals surface area contributed by atoms with Gasteiger partial charge >= 0.3 is 5.97 Å². The fourth-order valence-corrected chi connectivity index (χ4v) is 13.3. The number of carbonyl (C=O) groups excluding carboxylic acids is 1. The van der Waals surface area contributed by atoms with Crippen LogP contribution in [0.25, 0.3) is 0 Å². The molecule has 18 heteroatoms. The van der Waals surface area contributed by atoms with Crippen LogP contribution in [0, 0.1) is 46.3 Å². The van der Waals surface area contributed by atoms with E-state index < -0.39 is 117 Å². The van der Waals surface area contributed by atoms with Gasteiger partial charge in [0.05, 0.1) is 25.4 Å². The fraction of sp³-hybridized carbons (Fsp3) is 0.911. The lowest BCUT2D eigenvalue weighted by Gasteiger charge is -2.60. The Morgan fingerprint density at radius 1 is 0.698 bits per heavy atom. The van der Waals surface area contributed by atoms with Gasteiger partial charge in [-0.15, -0.1) is 0 Å². The monoisotopic (exact) mass is 898 g/mol. The number of hydrogen-bond donors (Lipinski definition) is 9. The molecular weight excluding hydrogens is 828 g/mol. The van der Waals surface area contributed by atoms with Crippen molar-refractivity contribution in [2.45, 2.75) is 197 Å². The standard InChI is InChI=1S/C45H70O18/c1-18(2)12-20(47)13-19(3)23-6-7-24-22-15-27-26-14-21(8-10-45(26,5)25(22)9-11-44(23,24)4)58-42-39(35(53)34(52)37(61-42)40(55)56)63-43-38(33(51)30(48)28(16-46)59-43)62-41-36(54)32(50)31(49)29(60-41)17-57-27/h15,18-19,21,23-39,41-43,46,48-54H,6-14,16-17H2,1-5H3,(H,55,56)/t19-,21+,23-,24?,25?,26?,27-,28?,29?,30?,31?,32?,33?,34?,35?,36?,37?,38?,39?,41?,42?,43?,44-,45-/m1/s1. The largest absolute Gasteiger partial charge is 0.479 e. The van der Waals surface area contributed by atoms with Crippen molar-refractivity contribution in [2.24, 2.45) is 46.3 Å². The van der Waals surface area contributed by atoms with Crippen molar-refractivity contribution in [1.82, 2.24) is 0 Å². The van der Waals surface area contributed by atoms with Crippen LogP contribution in [0.15, 0.2) is 11.6 Å². The maximum Gasteiger partial charge on any atom is 0.335 e. The lowest BCUT2D eigenvalue weighted by atomic mass is 9.47. The first-order valence-corrected chi connectivity index (χ1v) is 23.1. The zero-order valence-electron chi connectivity index (χ0n) is 36.8. The molecule has 18 nitrogen and oxygen atoms in total. The minimum Gasteiger partial charge on any atom is -0.479 e. The van der Waals surface area contributed by atoms with Gasteiger partial charge in [0.1, 0.15) is 72.9 Å². The minimum atomic E-state index is -2.02. The normalized spacial score (nSPS) is 51.8. The number of aliphatic hydroxyl groups excluding tert-OH is 8. The van der Waals surface area contributed by atoms with E-state index in [0.29, 0.717) is 49.7 Å². The summed E-state index contributed by atoms with van der Waals surface area (Å²) in [5, 5.41) is 98.3. The van der Waals surface area contributed by atoms with E-state index in [1.54, 1.807) is 0 Å². The van der Waals surface area contributed by atoms with Gasteiger partial charge in [-0.25, -0.2) is 4.79 Å². The second-order valence-corrected chi connectivity index (χ2v) is 20.9. The zero-order valence-corrected chi connectivity index (χ0v) is 36.8. The molecule has 0 aromatic rings. The van der Waals surface area contributed by atoms with E-state index in [0.717, 1.165) is 25.7 Å².